The van der Waals surface area contributed by atoms with Crippen LogP contribution in [0.1, 0.15) is 49.8 Å². The van der Waals surface area contributed by atoms with Crippen LogP contribution in [0.2, 0.25) is 0 Å². The molecule has 1 unspecified atom stereocenters. The Morgan fingerprint density at radius 2 is 1.95 bits per heavy atom. The van der Waals surface area contributed by atoms with Gasteiger partial charge in [0.05, 0.1) is 5.69 Å². The van der Waals surface area contributed by atoms with E-state index < -0.39 is 5.97 Å². The molecule has 1 amide bonds. The maximum absolute atomic E-state index is 11.9. The van der Waals surface area contributed by atoms with E-state index in [1.54, 1.807) is 6.92 Å². The van der Waals surface area contributed by atoms with Crippen LogP contribution in [0.3, 0.4) is 0 Å². The average molecular weight is 282 g/mol. The van der Waals surface area contributed by atoms with E-state index in [1.165, 1.54) is 4.68 Å². The molecule has 0 radical (unpaired) electrons. The Morgan fingerprint density at radius 1 is 1.30 bits per heavy atom. The molecule has 1 rings (SSSR count). The number of nitrogens with zero attached hydrogens (tertiary/aromatic N) is 3. The van der Waals surface area contributed by atoms with E-state index in [-0.39, 0.29) is 24.2 Å². The van der Waals surface area contributed by atoms with Gasteiger partial charge in [0.15, 0.2) is 5.69 Å². The van der Waals surface area contributed by atoms with Crippen molar-refractivity contribution in [2.75, 3.05) is 0 Å². The molecule has 7 heteroatoms. The molecule has 112 valence electrons. The second kappa shape index (κ2) is 7.02. The normalized spacial score (nSPS) is 12.4. The molecule has 0 aromatic carbocycles. The van der Waals surface area contributed by atoms with E-state index in [2.05, 4.69) is 29.5 Å². The van der Waals surface area contributed by atoms with E-state index in [1.807, 2.05) is 6.92 Å². The highest BCUT2D eigenvalue weighted by atomic mass is 16.4. The lowest BCUT2D eigenvalue weighted by Crippen LogP contribution is -2.35. The lowest BCUT2D eigenvalue weighted by atomic mass is 10.0. The highest BCUT2D eigenvalue weighted by molar-refractivity contribution is 5.86. The quantitative estimate of drug-likeness (QED) is 0.784. The van der Waals surface area contributed by atoms with E-state index >= 15 is 0 Å². The van der Waals surface area contributed by atoms with Gasteiger partial charge in [-0.15, -0.1) is 5.10 Å². The molecule has 0 spiro atoms. The minimum absolute atomic E-state index is 0.0157. The number of rotatable bonds is 7. The first kappa shape index (κ1) is 16.1. The number of carboxylic acids is 1. The molecule has 0 saturated carbocycles. The van der Waals surface area contributed by atoms with Gasteiger partial charge in [-0.25, -0.2) is 9.48 Å². The lowest BCUT2D eigenvalue weighted by molar-refractivity contribution is -0.122. The van der Waals surface area contributed by atoms with Gasteiger partial charge >= 0.3 is 5.97 Å². The summed E-state index contributed by atoms with van der Waals surface area (Å²) in [5.74, 6) is -0.726. The molecule has 0 aliphatic heterocycles. The minimum atomic E-state index is -1.14. The summed E-state index contributed by atoms with van der Waals surface area (Å²) in [6.07, 6.45) is 1.97. The van der Waals surface area contributed by atoms with Crippen LogP contribution in [0.5, 0.6) is 0 Å². The largest absolute Gasteiger partial charge is 0.476 e. The first-order valence-electron chi connectivity index (χ1n) is 6.74. The van der Waals surface area contributed by atoms with Gasteiger partial charge in [0.2, 0.25) is 5.91 Å². The number of hydrogen-bond acceptors (Lipinski definition) is 4. The van der Waals surface area contributed by atoms with Crippen LogP contribution in [0.15, 0.2) is 0 Å². The van der Waals surface area contributed by atoms with Gasteiger partial charge in [-0.2, -0.15) is 0 Å². The molecule has 0 fully saturated rings. The van der Waals surface area contributed by atoms with Crippen molar-refractivity contribution in [3.63, 3.8) is 0 Å². The molecule has 0 aliphatic rings. The van der Waals surface area contributed by atoms with Crippen LogP contribution < -0.4 is 5.32 Å². The number of carbonyl (C=O) groups excluding carboxylic acids is 1. The number of carboxylic acid groups (broad SMARTS) is 1. The Hall–Kier alpha value is -1.92. The molecule has 20 heavy (non-hydrogen) atoms. The number of amides is 1. The third kappa shape index (κ3) is 4.64. The van der Waals surface area contributed by atoms with Gasteiger partial charge in [-0.3, -0.25) is 4.79 Å². The number of nitrogens with one attached hydrogen (secondary N) is 1. The number of aromatic nitrogens is 3. The average Bonchev–Trinajstić information content (AvgIpc) is 2.68. The predicted octanol–water partition coefficient (Wildman–Crippen LogP) is 1.23. The third-order valence-electron chi connectivity index (χ3n) is 3.06. The summed E-state index contributed by atoms with van der Waals surface area (Å²) in [5, 5.41) is 19.0. The fourth-order valence-corrected chi connectivity index (χ4v) is 1.82. The first-order chi connectivity index (χ1) is 9.31. The zero-order valence-electron chi connectivity index (χ0n) is 12.4. The van der Waals surface area contributed by atoms with Crippen LogP contribution in [-0.2, 0) is 11.3 Å². The fraction of sp³-hybridized carbons (Fsp3) is 0.692. The van der Waals surface area contributed by atoms with Crippen molar-refractivity contribution in [1.82, 2.24) is 20.3 Å². The van der Waals surface area contributed by atoms with Crippen molar-refractivity contribution >= 4 is 11.9 Å². The van der Waals surface area contributed by atoms with Crippen LogP contribution >= 0.6 is 0 Å². The molecule has 0 bridgehead atoms. The molecule has 1 heterocycles. The summed E-state index contributed by atoms with van der Waals surface area (Å²) in [5.41, 5.74) is 0.258. The number of carbonyl (C=O) groups is 2. The van der Waals surface area contributed by atoms with Gasteiger partial charge < -0.3 is 10.4 Å². The Bertz CT molecular complexity index is 482. The zero-order chi connectivity index (χ0) is 15.3. The first-order valence-corrected chi connectivity index (χ1v) is 6.74. The Morgan fingerprint density at radius 3 is 2.45 bits per heavy atom. The summed E-state index contributed by atoms with van der Waals surface area (Å²) < 4.78 is 1.30. The van der Waals surface area contributed by atoms with Gasteiger partial charge in [0.25, 0.3) is 0 Å². The van der Waals surface area contributed by atoms with Crippen LogP contribution in [0, 0.1) is 12.8 Å². The fourth-order valence-electron chi connectivity index (χ4n) is 1.82. The van der Waals surface area contributed by atoms with E-state index in [9.17, 15) is 9.59 Å². The maximum atomic E-state index is 11.9. The van der Waals surface area contributed by atoms with Crippen LogP contribution in [0.25, 0.3) is 0 Å². The monoisotopic (exact) mass is 282 g/mol. The zero-order valence-corrected chi connectivity index (χ0v) is 12.4. The molecular weight excluding hydrogens is 260 g/mol. The molecule has 1 atom stereocenters. The van der Waals surface area contributed by atoms with E-state index in [4.69, 9.17) is 5.11 Å². The van der Waals surface area contributed by atoms with Crippen molar-refractivity contribution in [2.45, 2.75) is 53.1 Å². The van der Waals surface area contributed by atoms with Crippen molar-refractivity contribution in [3.05, 3.63) is 11.4 Å². The standard InChI is InChI=1S/C13H22N4O3/c1-8(2)5-6-9(3)14-11(18)7-17-10(4)12(13(19)20)15-16-17/h8-9H,5-7H2,1-4H3,(H,14,18)(H,19,20). The summed E-state index contributed by atoms with van der Waals surface area (Å²) >= 11 is 0. The molecular formula is C13H22N4O3. The topological polar surface area (TPSA) is 97.1 Å². The molecule has 0 aliphatic carbocycles. The second-order valence-electron chi connectivity index (χ2n) is 5.43. The predicted molar refractivity (Wildman–Crippen MR) is 73.4 cm³/mol. The van der Waals surface area contributed by atoms with E-state index in [0.717, 1.165) is 12.8 Å². The smallest absolute Gasteiger partial charge is 0.358 e. The Kier molecular flexibility index (Phi) is 5.66. The van der Waals surface area contributed by atoms with Crippen molar-refractivity contribution in [1.29, 1.82) is 0 Å². The number of hydrogen-bond donors (Lipinski definition) is 2. The van der Waals surface area contributed by atoms with Crippen LogP contribution in [0.4, 0.5) is 0 Å². The van der Waals surface area contributed by atoms with Gasteiger partial charge in [0, 0.05) is 6.04 Å². The van der Waals surface area contributed by atoms with Gasteiger partial charge in [0.1, 0.15) is 6.54 Å². The van der Waals surface area contributed by atoms with E-state index in [0.29, 0.717) is 11.6 Å². The third-order valence-corrected chi connectivity index (χ3v) is 3.06. The molecule has 0 saturated heterocycles. The maximum Gasteiger partial charge on any atom is 0.358 e. The van der Waals surface area contributed by atoms with Crippen molar-refractivity contribution in [2.24, 2.45) is 5.92 Å². The summed E-state index contributed by atoms with van der Waals surface area (Å²) in [7, 11) is 0. The van der Waals surface area contributed by atoms with Crippen LogP contribution in [-0.4, -0.2) is 38.0 Å². The van der Waals surface area contributed by atoms with Crippen molar-refractivity contribution in [3.8, 4) is 0 Å². The summed E-state index contributed by atoms with van der Waals surface area (Å²) in [4.78, 5) is 22.7. The lowest BCUT2D eigenvalue weighted by Gasteiger charge is -2.15. The molecule has 2 N–H and O–H groups in total. The Labute approximate surface area is 118 Å². The highest BCUT2D eigenvalue weighted by Gasteiger charge is 2.17. The number of aromatic carboxylic acids is 1. The summed E-state index contributed by atoms with van der Waals surface area (Å²) in [6, 6.07) is 0.0904. The highest BCUT2D eigenvalue weighted by Crippen LogP contribution is 2.07. The molecule has 1 aromatic rings. The second-order valence-corrected chi connectivity index (χ2v) is 5.43. The Balaban J connectivity index is 2.52. The van der Waals surface area contributed by atoms with Crippen molar-refractivity contribution < 1.29 is 14.7 Å². The SMILES string of the molecule is Cc1c(C(=O)O)nnn1CC(=O)NC(C)CCC(C)C. The summed E-state index contributed by atoms with van der Waals surface area (Å²) in [6.45, 7) is 7.80. The molecule has 1 aromatic heterocycles. The molecule has 7 nitrogen and oxygen atoms in total. The van der Waals surface area contributed by atoms with Gasteiger partial charge in [-0.1, -0.05) is 19.1 Å². The van der Waals surface area contributed by atoms with Gasteiger partial charge in [-0.05, 0) is 32.6 Å². The minimum Gasteiger partial charge on any atom is -0.476 e.